The van der Waals surface area contributed by atoms with Crippen LogP contribution in [0.3, 0.4) is 0 Å². The first-order valence-electron chi connectivity index (χ1n) is 7.42. The minimum atomic E-state index is 0.0381. The summed E-state index contributed by atoms with van der Waals surface area (Å²) in [7, 11) is 1.63. The van der Waals surface area contributed by atoms with Gasteiger partial charge in [-0.2, -0.15) is 0 Å². The van der Waals surface area contributed by atoms with Gasteiger partial charge in [0.15, 0.2) is 5.16 Å². The third-order valence-corrected chi connectivity index (χ3v) is 6.51. The minimum Gasteiger partial charge on any atom is -0.383 e. The minimum absolute atomic E-state index is 0.0381. The Kier molecular flexibility index (Phi) is 6.16. The number of benzene rings is 1. The van der Waals surface area contributed by atoms with E-state index in [4.69, 9.17) is 32.9 Å². The molecule has 3 rings (SSSR count). The van der Waals surface area contributed by atoms with E-state index in [1.54, 1.807) is 29.5 Å². The summed E-state index contributed by atoms with van der Waals surface area (Å²) in [5, 5.41) is 1.80. The highest BCUT2D eigenvalue weighted by molar-refractivity contribution is 7.99. The lowest BCUT2D eigenvalue weighted by Crippen LogP contribution is -2.27. The van der Waals surface area contributed by atoms with Gasteiger partial charge in [-0.1, -0.05) is 41.0 Å². The molecule has 128 valence electrons. The molecule has 1 aromatic heterocycles. The molecule has 0 N–H and O–H groups in total. The second-order valence-electron chi connectivity index (χ2n) is 5.26. The van der Waals surface area contributed by atoms with Crippen molar-refractivity contribution in [3.63, 3.8) is 0 Å². The molecule has 0 fully saturated rings. The van der Waals surface area contributed by atoms with Crippen LogP contribution < -0.4 is 5.56 Å². The molecule has 0 amide bonds. The van der Waals surface area contributed by atoms with Crippen LogP contribution in [0.5, 0.6) is 0 Å². The van der Waals surface area contributed by atoms with Crippen molar-refractivity contribution in [1.82, 2.24) is 9.55 Å². The van der Waals surface area contributed by atoms with Crippen molar-refractivity contribution < 1.29 is 4.74 Å². The number of aryl methyl sites for hydroxylation is 1. The van der Waals surface area contributed by atoms with E-state index in [-0.39, 0.29) is 5.56 Å². The summed E-state index contributed by atoms with van der Waals surface area (Å²) >= 11 is 15.1. The van der Waals surface area contributed by atoms with Crippen LogP contribution in [-0.2, 0) is 23.5 Å². The molecule has 0 saturated carbocycles. The van der Waals surface area contributed by atoms with E-state index < -0.39 is 0 Å². The SMILES string of the molecule is COCCn1c(SCc2ccc(Cl)c(Cl)c2)nc2c(c1=O)SCC2. The number of halogens is 2. The average molecular weight is 403 g/mol. The van der Waals surface area contributed by atoms with Crippen molar-refractivity contribution in [2.45, 2.75) is 28.8 Å². The molecule has 0 spiro atoms. The molecule has 0 unspecified atom stereocenters. The van der Waals surface area contributed by atoms with Crippen molar-refractivity contribution in [2.24, 2.45) is 0 Å². The fourth-order valence-electron chi connectivity index (χ4n) is 2.39. The van der Waals surface area contributed by atoms with E-state index in [0.717, 1.165) is 33.5 Å². The fourth-order valence-corrected chi connectivity index (χ4v) is 4.74. The van der Waals surface area contributed by atoms with Gasteiger partial charge in [-0.3, -0.25) is 9.36 Å². The molecule has 4 nitrogen and oxygen atoms in total. The molecule has 0 aliphatic carbocycles. The van der Waals surface area contributed by atoms with Gasteiger partial charge in [0.25, 0.3) is 5.56 Å². The molecule has 0 bridgehead atoms. The second kappa shape index (κ2) is 8.15. The van der Waals surface area contributed by atoms with E-state index in [1.165, 1.54) is 11.8 Å². The first kappa shape index (κ1) is 18.1. The van der Waals surface area contributed by atoms with Crippen LogP contribution in [0.1, 0.15) is 11.3 Å². The van der Waals surface area contributed by atoms with Crippen LogP contribution in [-0.4, -0.2) is 29.0 Å². The molecule has 8 heteroatoms. The molecule has 1 aliphatic heterocycles. The quantitative estimate of drug-likeness (QED) is 0.536. The zero-order valence-electron chi connectivity index (χ0n) is 13.1. The highest BCUT2D eigenvalue weighted by atomic mass is 35.5. The van der Waals surface area contributed by atoms with Crippen molar-refractivity contribution in [3.05, 3.63) is 49.9 Å². The summed E-state index contributed by atoms with van der Waals surface area (Å²) in [5.41, 5.74) is 1.99. The Morgan fingerprint density at radius 2 is 2.21 bits per heavy atom. The van der Waals surface area contributed by atoms with Crippen LogP contribution in [0.15, 0.2) is 33.0 Å². The van der Waals surface area contributed by atoms with Crippen LogP contribution in [0.25, 0.3) is 0 Å². The third-order valence-electron chi connectivity index (χ3n) is 3.62. The Bertz CT molecular complexity index is 811. The summed E-state index contributed by atoms with van der Waals surface area (Å²) in [6, 6.07) is 5.56. The van der Waals surface area contributed by atoms with Crippen molar-refractivity contribution in [2.75, 3.05) is 19.5 Å². The van der Waals surface area contributed by atoms with Gasteiger partial charge in [-0.05, 0) is 17.7 Å². The Morgan fingerprint density at radius 1 is 1.38 bits per heavy atom. The van der Waals surface area contributed by atoms with Crippen LogP contribution in [0.2, 0.25) is 10.0 Å². The predicted octanol–water partition coefficient (Wildman–Crippen LogP) is 4.14. The topological polar surface area (TPSA) is 44.1 Å². The normalized spacial score (nSPS) is 13.3. The maximum absolute atomic E-state index is 12.7. The second-order valence-corrected chi connectivity index (χ2v) is 8.12. The molecule has 24 heavy (non-hydrogen) atoms. The number of rotatable bonds is 6. The lowest BCUT2D eigenvalue weighted by Gasteiger charge is -2.13. The average Bonchev–Trinajstić information content (AvgIpc) is 3.04. The molecule has 0 radical (unpaired) electrons. The Labute approximate surface area is 158 Å². The zero-order chi connectivity index (χ0) is 17.1. The molecule has 2 aromatic rings. The predicted molar refractivity (Wildman–Crippen MR) is 101 cm³/mol. The van der Waals surface area contributed by atoms with Crippen LogP contribution in [0.4, 0.5) is 0 Å². The first-order chi connectivity index (χ1) is 11.6. The summed E-state index contributed by atoms with van der Waals surface area (Å²) in [6.45, 7) is 0.977. The number of thioether (sulfide) groups is 2. The van der Waals surface area contributed by atoms with Crippen molar-refractivity contribution >= 4 is 46.7 Å². The van der Waals surface area contributed by atoms with E-state index >= 15 is 0 Å². The standard InChI is InChI=1S/C16H16Cl2N2O2S2/c1-22-6-5-20-15(21)14-13(4-7-23-14)19-16(20)24-9-10-2-3-11(17)12(18)8-10/h2-3,8H,4-7,9H2,1H3. The number of methoxy groups -OCH3 is 1. The fraction of sp³-hybridized carbons (Fsp3) is 0.375. The largest absolute Gasteiger partial charge is 0.383 e. The van der Waals surface area contributed by atoms with Gasteiger partial charge in [0, 0.05) is 25.0 Å². The maximum Gasteiger partial charge on any atom is 0.268 e. The van der Waals surface area contributed by atoms with Gasteiger partial charge >= 0.3 is 0 Å². The Hall–Kier alpha value is -0.660. The number of fused-ring (bicyclic) bond motifs is 1. The number of ether oxygens (including phenoxy) is 1. The van der Waals surface area contributed by atoms with Gasteiger partial charge < -0.3 is 4.74 Å². The highest BCUT2D eigenvalue weighted by Gasteiger charge is 2.21. The molecular weight excluding hydrogens is 387 g/mol. The first-order valence-corrected chi connectivity index (χ1v) is 10.1. The van der Waals surface area contributed by atoms with Crippen molar-refractivity contribution in [3.8, 4) is 0 Å². The molecule has 0 saturated heterocycles. The number of nitrogens with zero attached hydrogens (tertiary/aromatic N) is 2. The zero-order valence-corrected chi connectivity index (χ0v) is 16.2. The molecule has 2 heterocycles. The van der Waals surface area contributed by atoms with Crippen LogP contribution >= 0.6 is 46.7 Å². The monoisotopic (exact) mass is 402 g/mol. The van der Waals surface area contributed by atoms with Gasteiger partial charge in [0.05, 0.1) is 33.8 Å². The lowest BCUT2D eigenvalue weighted by molar-refractivity contribution is 0.182. The summed E-state index contributed by atoms with van der Waals surface area (Å²) in [6.07, 6.45) is 0.848. The lowest BCUT2D eigenvalue weighted by atomic mass is 10.2. The third kappa shape index (κ3) is 3.94. The summed E-state index contributed by atoms with van der Waals surface area (Å²) < 4.78 is 6.84. The highest BCUT2D eigenvalue weighted by Crippen LogP contribution is 2.30. The van der Waals surface area contributed by atoms with Crippen LogP contribution in [0, 0.1) is 0 Å². The Morgan fingerprint density at radius 3 is 2.96 bits per heavy atom. The smallest absolute Gasteiger partial charge is 0.268 e. The number of hydrogen-bond acceptors (Lipinski definition) is 5. The van der Waals surface area contributed by atoms with E-state index in [1.807, 2.05) is 12.1 Å². The van der Waals surface area contributed by atoms with Gasteiger partial charge in [-0.15, -0.1) is 11.8 Å². The summed E-state index contributed by atoms with van der Waals surface area (Å²) in [5.74, 6) is 1.59. The van der Waals surface area contributed by atoms with Crippen molar-refractivity contribution in [1.29, 1.82) is 0 Å². The van der Waals surface area contributed by atoms with E-state index in [0.29, 0.717) is 28.9 Å². The molecular formula is C16H16Cl2N2O2S2. The van der Waals surface area contributed by atoms with E-state index in [9.17, 15) is 4.79 Å². The number of hydrogen-bond donors (Lipinski definition) is 0. The number of aromatic nitrogens is 2. The van der Waals surface area contributed by atoms with Gasteiger partial charge in [-0.25, -0.2) is 4.98 Å². The van der Waals surface area contributed by atoms with Gasteiger partial charge in [0.1, 0.15) is 0 Å². The maximum atomic E-state index is 12.7. The van der Waals surface area contributed by atoms with Gasteiger partial charge in [0.2, 0.25) is 0 Å². The Balaban J connectivity index is 1.87. The van der Waals surface area contributed by atoms with E-state index in [2.05, 4.69) is 0 Å². The molecule has 1 aromatic carbocycles. The molecule has 0 atom stereocenters. The summed E-state index contributed by atoms with van der Waals surface area (Å²) in [4.78, 5) is 18.2. The molecule has 1 aliphatic rings.